The van der Waals surface area contributed by atoms with Crippen LogP contribution in [0, 0.1) is 0 Å². The molecule has 5 nitrogen and oxygen atoms in total. The van der Waals surface area contributed by atoms with Gasteiger partial charge in [-0.3, -0.25) is 4.79 Å². The Bertz CT molecular complexity index is 822. The fourth-order valence-electron chi connectivity index (χ4n) is 3.24. The number of alkyl halides is 3. The Balaban J connectivity index is 1.69. The summed E-state index contributed by atoms with van der Waals surface area (Å²) in [5.41, 5.74) is 8.90. The molecule has 0 aliphatic heterocycles. The summed E-state index contributed by atoms with van der Waals surface area (Å²) in [7, 11) is 0. The summed E-state index contributed by atoms with van der Waals surface area (Å²) in [6.07, 6.45) is -7.31. The molecule has 142 valence electrons. The van der Waals surface area contributed by atoms with Crippen molar-refractivity contribution in [3.63, 3.8) is 0 Å². The normalized spacial score (nSPS) is 14.2. The van der Waals surface area contributed by atoms with Gasteiger partial charge in [-0.1, -0.05) is 48.5 Å². The van der Waals surface area contributed by atoms with Crippen LogP contribution in [0.4, 0.5) is 18.0 Å². The van der Waals surface area contributed by atoms with Gasteiger partial charge in [-0.25, -0.2) is 4.79 Å². The Kier molecular flexibility index (Phi) is 5.07. The van der Waals surface area contributed by atoms with Gasteiger partial charge in [-0.2, -0.15) is 13.2 Å². The second-order valence-electron chi connectivity index (χ2n) is 6.24. The van der Waals surface area contributed by atoms with Crippen molar-refractivity contribution in [3.8, 4) is 11.1 Å². The van der Waals surface area contributed by atoms with Crippen LogP contribution in [-0.4, -0.2) is 30.8 Å². The molecule has 8 heteroatoms. The third kappa shape index (κ3) is 4.21. The average Bonchev–Trinajstić information content (AvgIpc) is 2.92. The fourth-order valence-corrected chi connectivity index (χ4v) is 3.24. The zero-order valence-electron chi connectivity index (χ0n) is 14.1. The smallest absolute Gasteiger partial charge is 0.407 e. The zero-order chi connectivity index (χ0) is 19.6. The molecule has 0 spiro atoms. The molecule has 27 heavy (non-hydrogen) atoms. The number of carbonyl (C=O) groups is 2. The summed E-state index contributed by atoms with van der Waals surface area (Å²) in [5, 5.41) is 1.89. The van der Waals surface area contributed by atoms with Crippen LogP contribution in [0.15, 0.2) is 48.5 Å². The standard InChI is InChI=1S/C19H17F3N2O3/c20-19(21,22)9-16(17(23)25)24-18(26)27-10-15-13-7-3-1-5-11(13)12-6-2-4-8-14(12)15/h1-8,15-16H,9-10H2,(H2,23,25)(H,24,26). The Hall–Kier alpha value is -3.03. The first-order chi connectivity index (χ1) is 12.8. The van der Waals surface area contributed by atoms with E-state index in [-0.39, 0.29) is 12.5 Å². The molecular weight excluding hydrogens is 361 g/mol. The molecule has 1 unspecified atom stereocenters. The largest absolute Gasteiger partial charge is 0.449 e. The predicted octanol–water partition coefficient (Wildman–Crippen LogP) is 3.33. The number of alkyl carbamates (subject to hydrolysis) is 1. The SMILES string of the molecule is NC(=O)C(CC(F)(F)F)NC(=O)OCC1c2ccccc2-c2ccccc21. The summed E-state index contributed by atoms with van der Waals surface area (Å²) in [5.74, 6) is -1.52. The van der Waals surface area contributed by atoms with Crippen molar-refractivity contribution in [2.45, 2.75) is 24.6 Å². The van der Waals surface area contributed by atoms with E-state index in [1.54, 1.807) is 0 Å². The van der Waals surface area contributed by atoms with E-state index in [1.165, 1.54) is 0 Å². The van der Waals surface area contributed by atoms with Gasteiger partial charge in [0.25, 0.3) is 0 Å². The number of hydrogen-bond donors (Lipinski definition) is 2. The Morgan fingerprint density at radius 1 is 1.04 bits per heavy atom. The van der Waals surface area contributed by atoms with Crippen LogP contribution >= 0.6 is 0 Å². The van der Waals surface area contributed by atoms with Gasteiger partial charge in [0.2, 0.25) is 5.91 Å². The van der Waals surface area contributed by atoms with Crippen molar-refractivity contribution in [1.29, 1.82) is 0 Å². The van der Waals surface area contributed by atoms with Crippen molar-refractivity contribution in [2.75, 3.05) is 6.61 Å². The lowest BCUT2D eigenvalue weighted by Gasteiger charge is -2.18. The van der Waals surface area contributed by atoms with Gasteiger partial charge < -0.3 is 15.8 Å². The van der Waals surface area contributed by atoms with Gasteiger partial charge in [-0.05, 0) is 22.3 Å². The van der Waals surface area contributed by atoms with Crippen LogP contribution < -0.4 is 11.1 Å². The first kappa shape index (κ1) is 18.8. The quantitative estimate of drug-likeness (QED) is 0.837. The van der Waals surface area contributed by atoms with Crippen molar-refractivity contribution in [1.82, 2.24) is 5.32 Å². The lowest BCUT2D eigenvalue weighted by atomic mass is 9.98. The molecule has 2 amide bonds. The number of rotatable bonds is 5. The van der Waals surface area contributed by atoms with Crippen molar-refractivity contribution < 1.29 is 27.5 Å². The topological polar surface area (TPSA) is 81.4 Å². The predicted molar refractivity (Wildman–Crippen MR) is 91.9 cm³/mol. The van der Waals surface area contributed by atoms with E-state index in [2.05, 4.69) is 0 Å². The summed E-state index contributed by atoms with van der Waals surface area (Å²) in [6, 6.07) is 13.4. The highest BCUT2D eigenvalue weighted by atomic mass is 19.4. The van der Waals surface area contributed by atoms with Gasteiger partial charge >= 0.3 is 12.3 Å². The van der Waals surface area contributed by atoms with Gasteiger partial charge in [0.1, 0.15) is 12.6 Å². The lowest BCUT2D eigenvalue weighted by Crippen LogP contribution is -2.47. The van der Waals surface area contributed by atoms with Crippen molar-refractivity contribution in [3.05, 3.63) is 59.7 Å². The molecule has 0 heterocycles. The van der Waals surface area contributed by atoms with E-state index >= 15 is 0 Å². The third-order valence-electron chi connectivity index (χ3n) is 4.41. The van der Waals surface area contributed by atoms with Gasteiger partial charge in [0, 0.05) is 5.92 Å². The molecular formula is C19H17F3N2O3. The molecule has 1 atom stereocenters. The van der Waals surface area contributed by atoms with Gasteiger partial charge in [-0.15, -0.1) is 0 Å². The molecule has 0 aromatic heterocycles. The number of nitrogens with two attached hydrogens (primary N) is 1. The Morgan fingerprint density at radius 2 is 1.56 bits per heavy atom. The second kappa shape index (κ2) is 7.30. The first-order valence-corrected chi connectivity index (χ1v) is 8.24. The van der Waals surface area contributed by atoms with Crippen LogP contribution in [0.1, 0.15) is 23.5 Å². The minimum atomic E-state index is -4.64. The molecule has 0 saturated heterocycles. The Morgan fingerprint density at radius 3 is 2.04 bits per heavy atom. The van der Waals surface area contributed by atoms with Crippen LogP contribution in [0.25, 0.3) is 11.1 Å². The van der Waals surface area contributed by atoms with Crippen LogP contribution in [0.2, 0.25) is 0 Å². The molecule has 0 saturated carbocycles. The number of nitrogens with one attached hydrogen (secondary N) is 1. The molecule has 3 N–H and O–H groups in total. The number of primary amides is 1. The maximum Gasteiger partial charge on any atom is 0.407 e. The maximum absolute atomic E-state index is 12.5. The summed E-state index contributed by atoms with van der Waals surface area (Å²) in [4.78, 5) is 23.1. The Labute approximate surface area is 153 Å². The van der Waals surface area contributed by atoms with Crippen LogP contribution in [0.5, 0.6) is 0 Å². The number of carbonyl (C=O) groups excluding carboxylic acids is 2. The minimum Gasteiger partial charge on any atom is -0.449 e. The van der Waals surface area contributed by atoms with E-state index in [9.17, 15) is 22.8 Å². The molecule has 2 aromatic carbocycles. The number of fused-ring (bicyclic) bond motifs is 3. The van der Waals surface area contributed by atoms with E-state index in [0.717, 1.165) is 22.3 Å². The number of hydrogen-bond acceptors (Lipinski definition) is 3. The minimum absolute atomic E-state index is 0.0721. The molecule has 2 aromatic rings. The van der Waals surface area contributed by atoms with Crippen LogP contribution in [0.3, 0.4) is 0 Å². The fraction of sp³-hybridized carbons (Fsp3) is 0.263. The van der Waals surface area contributed by atoms with E-state index in [4.69, 9.17) is 10.5 Å². The van der Waals surface area contributed by atoms with Crippen LogP contribution in [-0.2, 0) is 9.53 Å². The molecule has 0 radical (unpaired) electrons. The summed E-state index contributed by atoms with van der Waals surface area (Å²) >= 11 is 0. The highest BCUT2D eigenvalue weighted by molar-refractivity contribution is 5.84. The van der Waals surface area contributed by atoms with Gasteiger partial charge in [0.15, 0.2) is 0 Å². The van der Waals surface area contributed by atoms with E-state index in [1.807, 2.05) is 53.8 Å². The average molecular weight is 378 g/mol. The number of benzene rings is 2. The zero-order valence-corrected chi connectivity index (χ0v) is 14.1. The molecule has 0 fully saturated rings. The number of ether oxygens (including phenoxy) is 1. The van der Waals surface area contributed by atoms with E-state index in [0.29, 0.717) is 0 Å². The molecule has 1 aliphatic rings. The second-order valence-corrected chi connectivity index (χ2v) is 6.24. The molecule has 0 bridgehead atoms. The first-order valence-electron chi connectivity index (χ1n) is 8.24. The van der Waals surface area contributed by atoms with Crippen molar-refractivity contribution >= 4 is 12.0 Å². The molecule has 3 rings (SSSR count). The highest BCUT2D eigenvalue weighted by Gasteiger charge is 2.36. The molecule has 1 aliphatic carbocycles. The van der Waals surface area contributed by atoms with E-state index < -0.39 is 30.6 Å². The van der Waals surface area contributed by atoms with Crippen molar-refractivity contribution in [2.24, 2.45) is 5.73 Å². The highest BCUT2D eigenvalue weighted by Crippen LogP contribution is 2.44. The monoisotopic (exact) mass is 378 g/mol. The summed E-state index contributed by atoms with van der Waals surface area (Å²) in [6.45, 7) is -0.0721. The number of halogens is 3. The van der Waals surface area contributed by atoms with Gasteiger partial charge in [0.05, 0.1) is 6.42 Å². The summed E-state index contributed by atoms with van der Waals surface area (Å²) < 4.78 is 42.5. The lowest BCUT2D eigenvalue weighted by molar-refractivity contribution is -0.147. The maximum atomic E-state index is 12.5. The number of amides is 2. The third-order valence-corrected chi connectivity index (χ3v) is 4.41.